The second kappa shape index (κ2) is 8.85. The van der Waals surface area contributed by atoms with Crippen molar-refractivity contribution >= 4 is 11.8 Å². The Bertz CT molecular complexity index is 1320. The van der Waals surface area contributed by atoms with Crippen molar-refractivity contribution in [3.8, 4) is 28.4 Å². The third-order valence-corrected chi connectivity index (χ3v) is 6.09. The molecule has 0 saturated heterocycles. The molecule has 5 nitrogen and oxygen atoms in total. The number of hydrogen-bond donors (Lipinski definition) is 0. The third kappa shape index (κ3) is 4.22. The van der Waals surface area contributed by atoms with Gasteiger partial charge in [0.15, 0.2) is 16.7 Å². The van der Waals surface area contributed by atoms with Gasteiger partial charge in [-0.25, -0.2) is 4.98 Å². The summed E-state index contributed by atoms with van der Waals surface area (Å²) in [6.45, 7) is 4.16. The topological polar surface area (TPSA) is 56.7 Å². The quantitative estimate of drug-likeness (QED) is 0.283. The minimum absolute atomic E-state index is 0.560. The summed E-state index contributed by atoms with van der Waals surface area (Å²) >= 11 is 1.56. The highest BCUT2D eigenvalue weighted by atomic mass is 32.2. The van der Waals surface area contributed by atoms with Crippen LogP contribution in [0.25, 0.3) is 28.4 Å². The van der Waals surface area contributed by atoms with Crippen molar-refractivity contribution in [2.24, 2.45) is 0 Å². The van der Waals surface area contributed by atoms with Gasteiger partial charge in [0.2, 0.25) is 5.89 Å². The van der Waals surface area contributed by atoms with Crippen molar-refractivity contribution in [2.45, 2.75) is 24.8 Å². The number of hydrogen-bond acceptors (Lipinski definition) is 5. The molecule has 0 aliphatic carbocycles. The Hall–Kier alpha value is -3.64. The molecule has 0 unspecified atom stereocenters. The highest BCUT2D eigenvalue weighted by Crippen LogP contribution is 2.31. The maximum atomic E-state index is 5.97. The van der Waals surface area contributed by atoms with Crippen LogP contribution in [0.2, 0.25) is 0 Å². The molecule has 0 aliphatic rings. The van der Waals surface area contributed by atoms with Crippen molar-refractivity contribution in [2.75, 3.05) is 0 Å². The molecule has 6 heteroatoms. The molecule has 0 saturated carbocycles. The third-order valence-electron chi connectivity index (χ3n) is 5.17. The Morgan fingerprint density at radius 2 is 1.47 bits per heavy atom. The Labute approximate surface area is 191 Å². The highest BCUT2D eigenvalue weighted by molar-refractivity contribution is 7.98. The maximum Gasteiger partial charge on any atom is 0.205 e. The summed E-state index contributed by atoms with van der Waals surface area (Å²) in [6.07, 6.45) is 1.77. The van der Waals surface area contributed by atoms with E-state index in [1.54, 1.807) is 18.0 Å². The summed E-state index contributed by atoms with van der Waals surface area (Å²) in [5, 5.41) is 9.82. The smallest absolute Gasteiger partial charge is 0.205 e. The zero-order chi connectivity index (χ0) is 21.9. The average Bonchev–Trinajstić information content (AvgIpc) is 3.47. The van der Waals surface area contributed by atoms with Gasteiger partial charge in [0.05, 0.1) is 11.9 Å². The van der Waals surface area contributed by atoms with Gasteiger partial charge in [-0.05, 0) is 26.0 Å². The molecule has 5 aromatic rings. The minimum atomic E-state index is 0.560. The van der Waals surface area contributed by atoms with Crippen LogP contribution in [0.3, 0.4) is 0 Å². The first-order valence-corrected chi connectivity index (χ1v) is 11.4. The van der Waals surface area contributed by atoms with E-state index < -0.39 is 0 Å². The number of oxazole rings is 1. The second-order valence-electron chi connectivity index (χ2n) is 7.62. The van der Waals surface area contributed by atoms with Gasteiger partial charge in [0, 0.05) is 16.8 Å². The lowest BCUT2D eigenvalue weighted by Crippen LogP contribution is -2.00. The van der Waals surface area contributed by atoms with Crippen molar-refractivity contribution in [1.82, 2.24) is 19.7 Å². The fraction of sp³-hybridized carbons (Fsp3) is 0.115. The van der Waals surface area contributed by atoms with Crippen molar-refractivity contribution in [1.29, 1.82) is 0 Å². The van der Waals surface area contributed by atoms with Crippen molar-refractivity contribution in [3.63, 3.8) is 0 Å². The Kier molecular flexibility index (Phi) is 5.60. The summed E-state index contributed by atoms with van der Waals surface area (Å²) in [5.74, 6) is 2.80. The van der Waals surface area contributed by atoms with E-state index in [9.17, 15) is 0 Å². The first-order valence-electron chi connectivity index (χ1n) is 10.4. The Balaban J connectivity index is 1.45. The summed E-state index contributed by atoms with van der Waals surface area (Å²) in [7, 11) is 0. The maximum absolute atomic E-state index is 5.97. The van der Waals surface area contributed by atoms with E-state index in [4.69, 9.17) is 4.42 Å². The zero-order valence-corrected chi connectivity index (χ0v) is 18.7. The van der Waals surface area contributed by atoms with Crippen LogP contribution in [0.5, 0.6) is 0 Å². The largest absolute Gasteiger partial charge is 0.440 e. The van der Waals surface area contributed by atoms with Crippen LogP contribution in [0.4, 0.5) is 0 Å². The van der Waals surface area contributed by atoms with Crippen LogP contribution in [-0.2, 0) is 5.75 Å². The van der Waals surface area contributed by atoms with E-state index in [1.807, 2.05) is 30.3 Å². The van der Waals surface area contributed by atoms with Crippen molar-refractivity contribution < 1.29 is 4.42 Å². The van der Waals surface area contributed by atoms with E-state index >= 15 is 0 Å². The number of aromatic nitrogens is 4. The van der Waals surface area contributed by atoms with Crippen LogP contribution >= 0.6 is 11.8 Å². The lowest BCUT2D eigenvalue weighted by atomic mass is 10.1. The molecule has 158 valence electrons. The van der Waals surface area contributed by atoms with Gasteiger partial charge in [-0.3, -0.25) is 4.57 Å². The molecule has 0 atom stereocenters. The lowest BCUT2D eigenvalue weighted by Gasteiger charge is -2.10. The fourth-order valence-corrected chi connectivity index (χ4v) is 4.22. The molecule has 0 spiro atoms. The standard InChI is InChI=1S/C26H22N4OS/c1-18-8-12-21(13-9-18)25-28-29-26(30(25)22-14-10-19(2)11-15-22)32-17-24-27-16-23(31-24)20-6-4-3-5-7-20/h3-16H,17H2,1-2H3. The zero-order valence-electron chi connectivity index (χ0n) is 17.9. The van der Waals surface area contributed by atoms with Gasteiger partial charge < -0.3 is 4.42 Å². The highest BCUT2D eigenvalue weighted by Gasteiger charge is 2.17. The number of nitrogens with zero attached hydrogens (tertiary/aromatic N) is 4. The normalized spacial score (nSPS) is 11.1. The van der Waals surface area contributed by atoms with Gasteiger partial charge in [0.25, 0.3) is 0 Å². The number of thioether (sulfide) groups is 1. The molecular formula is C26H22N4OS. The van der Waals surface area contributed by atoms with E-state index in [-0.39, 0.29) is 0 Å². The predicted molar refractivity (Wildman–Crippen MR) is 128 cm³/mol. The van der Waals surface area contributed by atoms with Crippen molar-refractivity contribution in [3.05, 3.63) is 102 Å². The second-order valence-corrected chi connectivity index (χ2v) is 8.56. The van der Waals surface area contributed by atoms with Gasteiger partial charge in [-0.15, -0.1) is 10.2 Å². The molecule has 0 radical (unpaired) electrons. The first-order chi connectivity index (χ1) is 15.7. The molecule has 2 heterocycles. The molecule has 2 aromatic heterocycles. The molecule has 0 fully saturated rings. The molecule has 32 heavy (non-hydrogen) atoms. The first kappa shape index (κ1) is 20.3. The SMILES string of the molecule is Cc1ccc(-c2nnc(SCc3ncc(-c4ccccc4)o3)n2-c2ccc(C)cc2)cc1. The lowest BCUT2D eigenvalue weighted by molar-refractivity contribution is 0.529. The molecule has 0 aliphatic heterocycles. The molecule has 0 amide bonds. The Morgan fingerprint density at radius 3 is 2.19 bits per heavy atom. The monoisotopic (exact) mass is 438 g/mol. The van der Waals surface area contributed by atoms with Gasteiger partial charge in [-0.1, -0.05) is 89.6 Å². The summed E-state index contributed by atoms with van der Waals surface area (Å²) in [6, 6.07) is 26.7. The van der Waals surface area contributed by atoms with Crippen LogP contribution in [-0.4, -0.2) is 19.7 Å². The molecule has 0 N–H and O–H groups in total. The van der Waals surface area contributed by atoms with Crippen LogP contribution in [0.15, 0.2) is 94.6 Å². The van der Waals surface area contributed by atoms with Crippen LogP contribution in [0.1, 0.15) is 17.0 Å². The molecule has 5 rings (SSSR count). The van der Waals surface area contributed by atoms with Gasteiger partial charge in [-0.2, -0.15) is 0 Å². The van der Waals surface area contributed by atoms with E-state index in [0.717, 1.165) is 33.6 Å². The predicted octanol–water partition coefficient (Wildman–Crippen LogP) is 6.50. The van der Waals surface area contributed by atoms with Gasteiger partial charge >= 0.3 is 0 Å². The van der Waals surface area contributed by atoms with Crippen LogP contribution in [0, 0.1) is 13.8 Å². The molecular weight excluding hydrogens is 416 g/mol. The number of rotatable bonds is 6. The Morgan fingerprint density at radius 1 is 0.781 bits per heavy atom. The fourth-order valence-electron chi connectivity index (χ4n) is 3.42. The minimum Gasteiger partial charge on any atom is -0.440 e. The van der Waals surface area contributed by atoms with E-state index in [0.29, 0.717) is 11.6 Å². The summed E-state index contributed by atoms with van der Waals surface area (Å²) in [5.41, 5.74) is 5.48. The number of benzene rings is 3. The van der Waals surface area contributed by atoms with E-state index in [2.05, 4.69) is 82.1 Å². The molecule has 0 bridgehead atoms. The van der Waals surface area contributed by atoms with E-state index in [1.165, 1.54) is 11.1 Å². The summed E-state index contributed by atoms with van der Waals surface area (Å²) in [4.78, 5) is 4.45. The summed E-state index contributed by atoms with van der Waals surface area (Å²) < 4.78 is 8.06. The van der Waals surface area contributed by atoms with Crippen LogP contribution < -0.4 is 0 Å². The number of aryl methyl sites for hydroxylation is 2. The molecule has 3 aromatic carbocycles. The average molecular weight is 439 g/mol. The van der Waals surface area contributed by atoms with Gasteiger partial charge in [0.1, 0.15) is 0 Å².